The second-order valence-corrected chi connectivity index (χ2v) is 2.51. The zero-order chi connectivity index (χ0) is 10.6. The number of ether oxygens (including phenoxy) is 2. The van der Waals surface area contributed by atoms with E-state index in [1.54, 1.807) is 0 Å². The van der Waals surface area contributed by atoms with Gasteiger partial charge in [-0.3, -0.25) is 0 Å². The Morgan fingerprint density at radius 1 is 1.64 bits per heavy atom. The molecule has 6 heteroatoms. The molecule has 0 aromatic carbocycles. The van der Waals surface area contributed by atoms with Crippen molar-refractivity contribution in [2.75, 3.05) is 20.8 Å². The topological polar surface area (TPSA) is 73.6 Å². The Labute approximate surface area is 81.0 Å². The molecule has 0 unspecified atom stereocenters. The van der Waals surface area contributed by atoms with Crippen molar-refractivity contribution in [2.45, 2.75) is 6.54 Å². The van der Waals surface area contributed by atoms with Gasteiger partial charge in [0.05, 0.1) is 27.4 Å². The molecular formula is C8H12N2O4. The summed E-state index contributed by atoms with van der Waals surface area (Å²) in [7, 11) is 2.74. The van der Waals surface area contributed by atoms with E-state index in [-0.39, 0.29) is 18.8 Å². The van der Waals surface area contributed by atoms with Crippen molar-refractivity contribution < 1.29 is 19.4 Å². The molecule has 1 aromatic heterocycles. The number of aromatic nitrogens is 2. The van der Waals surface area contributed by atoms with Gasteiger partial charge >= 0.3 is 5.97 Å². The second kappa shape index (κ2) is 4.61. The SMILES string of the molecule is COC(=O)c1cc(OC)n(CCO)n1. The fourth-order valence-corrected chi connectivity index (χ4v) is 1.02. The van der Waals surface area contributed by atoms with Crippen LogP contribution in [0.25, 0.3) is 0 Å². The highest BCUT2D eigenvalue weighted by Gasteiger charge is 2.14. The molecule has 0 saturated heterocycles. The monoisotopic (exact) mass is 200 g/mol. The Kier molecular flexibility index (Phi) is 3.47. The predicted molar refractivity (Wildman–Crippen MR) is 47.2 cm³/mol. The molecule has 0 bridgehead atoms. The summed E-state index contributed by atoms with van der Waals surface area (Å²) in [6.45, 7) is 0.207. The first-order chi connectivity index (χ1) is 6.72. The van der Waals surface area contributed by atoms with E-state index in [2.05, 4.69) is 9.84 Å². The minimum absolute atomic E-state index is 0.0708. The van der Waals surface area contributed by atoms with E-state index >= 15 is 0 Å². The van der Waals surface area contributed by atoms with Crippen molar-refractivity contribution in [3.63, 3.8) is 0 Å². The standard InChI is InChI=1S/C8H12N2O4/c1-13-7-5-6(8(12)14-2)9-10(7)3-4-11/h5,11H,3-4H2,1-2H3. The summed E-state index contributed by atoms with van der Waals surface area (Å²) in [5.74, 6) is -0.112. The van der Waals surface area contributed by atoms with Gasteiger partial charge in [0, 0.05) is 6.07 Å². The molecule has 78 valence electrons. The van der Waals surface area contributed by atoms with Crippen molar-refractivity contribution in [3.8, 4) is 5.88 Å². The summed E-state index contributed by atoms with van der Waals surface area (Å²) < 4.78 is 10.8. The fourth-order valence-electron chi connectivity index (χ4n) is 1.02. The van der Waals surface area contributed by atoms with E-state index in [1.165, 1.54) is 25.0 Å². The summed E-state index contributed by atoms with van der Waals surface area (Å²) in [6, 6.07) is 1.46. The number of carbonyl (C=O) groups excluding carboxylic acids is 1. The average Bonchev–Trinajstić information content (AvgIpc) is 2.60. The number of hydrogen-bond donors (Lipinski definition) is 1. The largest absolute Gasteiger partial charge is 0.481 e. The fraction of sp³-hybridized carbons (Fsp3) is 0.500. The second-order valence-electron chi connectivity index (χ2n) is 2.51. The smallest absolute Gasteiger partial charge is 0.358 e. The molecule has 0 saturated carbocycles. The third-order valence-corrected chi connectivity index (χ3v) is 1.66. The van der Waals surface area contributed by atoms with Crippen LogP contribution in [0, 0.1) is 0 Å². The van der Waals surface area contributed by atoms with Crippen molar-refractivity contribution >= 4 is 5.97 Å². The van der Waals surface area contributed by atoms with Crippen LogP contribution in [0.3, 0.4) is 0 Å². The Morgan fingerprint density at radius 3 is 2.86 bits per heavy atom. The summed E-state index contributed by atoms with van der Waals surface area (Å²) >= 11 is 0. The van der Waals surface area contributed by atoms with Gasteiger partial charge in [0.1, 0.15) is 0 Å². The van der Waals surface area contributed by atoms with Crippen LogP contribution in [0.1, 0.15) is 10.5 Å². The number of carbonyl (C=O) groups is 1. The highest BCUT2D eigenvalue weighted by molar-refractivity contribution is 5.87. The van der Waals surface area contributed by atoms with Gasteiger partial charge in [-0.1, -0.05) is 0 Å². The van der Waals surface area contributed by atoms with Crippen LogP contribution >= 0.6 is 0 Å². The van der Waals surface area contributed by atoms with Gasteiger partial charge in [-0.15, -0.1) is 0 Å². The molecule has 1 rings (SSSR count). The molecule has 0 aliphatic carbocycles. The lowest BCUT2D eigenvalue weighted by atomic mass is 10.4. The van der Waals surface area contributed by atoms with Crippen molar-refractivity contribution in [2.24, 2.45) is 0 Å². The molecule has 0 atom stereocenters. The molecule has 0 fully saturated rings. The number of esters is 1. The summed E-state index contributed by atoms with van der Waals surface area (Å²) in [6.07, 6.45) is 0. The Morgan fingerprint density at radius 2 is 2.36 bits per heavy atom. The van der Waals surface area contributed by atoms with Gasteiger partial charge in [0.2, 0.25) is 5.88 Å². The van der Waals surface area contributed by atoms with Gasteiger partial charge in [-0.05, 0) is 0 Å². The maximum absolute atomic E-state index is 11.1. The summed E-state index contributed by atoms with van der Waals surface area (Å²) in [4.78, 5) is 11.1. The first-order valence-electron chi connectivity index (χ1n) is 4.04. The van der Waals surface area contributed by atoms with Gasteiger partial charge in [0.25, 0.3) is 0 Å². The molecule has 6 nitrogen and oxygen atoms in total. The van der Waals surface area contributed by atoms with Crippen molar-refractivity contribution in [1.82, 2.24) is 9.78 Å². The maximum Gasteiger partial charge on any atom is 0.358 e. The van der Waals surface area contributed by atoms with Crippen molar-refractivity contribution in [3.05, 3.63) is 11.8 Å². The number of rotatable bonds is 4. The lowest BCUT2D eigenvalue weighted by Gasteiger charge is -2.01. The first kappa shape index (κ1) is 10.5. The molecular weight excluding hydrogens is 188 g/mol. The minimum atomic E-state index is -0.528. The zero-order valence-corrected chi connectivity index (χ0v) is 8.06. The highest BCUT2D eigenvalue weighted by atomic mass is 16.5. The van der Waals surface area contributed by atoms with E-state index in [0.29, 0.717) is 5.88 Å². The third-order valence-electron chi connectivity index (χ3n) is 1.66. The predicted octanol–water partition coefficient (Wildman–Crippen LogP) is -0.329. The van der Waals surface area contributed by atoms with Crippen LogP contribution in [0.5, 0.6) is 5.88 Å². The van der Waals surface area contributed by atoms with E-state index in [0.717, 1.165) is 0 Å². The van der Waals surface area contributed by atoms with E-state index in [9.17, 15) is 4.79 Å². The van der Waals surface area contributed by atoms with Gasteiger partial charge < -0.3 is 14.6 Å². The Bertz CT molecular complexity index is 321. The molecule has 14 heavy (non-hydrogen) atoms. The third kappa shape index (κ3) is 2.02. The molecule has 0 aliphatic heterocycles. The number of aliphatic hydroxyl groups excluding tert-OH is 1. The quantitative estimate of drug-likeness (QED) is 0.674. The molecule has 0 amide bonds. The van der Waals surface area contributed by atoms with Crippen LogP contribution in [0.2, 0.25) is 0 Å². The van der Waals surface area contributed by atoms with E-state index in [4.69, 9.17) is 9.84 Å². The van der Waals surface area contributed by atoms with Gasteiger partial charge in [0.15, 0.2) is 5.69 Å². The molecule has 1 N–H and O–H groups in total. The zero-order valence-electron chi connectivity index (χ0n) is 8.06. The normalized spacial score (nSPS) is 9.93. The summed E-state index contributed by atoms with van der Waals surface area (Å²) in [5.41, 5.74) is 0.165. The first-order valence-corrected chi connectivity index (χ1v) is 4.04. The van der Waals surface area contributed by atoms with Crippen LogP contribution in [0.15, 0.2) is 6.07 Å². The van der Waals surface area contributed by atoms with E-state index < -0.39 is 5.97 Å². The van der Waals surface area contributed by atoms with Gasteiger partial charge in [-0.2, -0.15) is 5.10 Å². The van der Waals surface area contributed by atoms with Gasteiger partial charge in [-0.25, -0.2) is 9.48 Å². The number of methoxy groups -OCH3 is 2. The Hall–Kier alpha value is -1.56. The highest BCUT2D eigenvalue weighted by Crippen LogP contribution is 2.13. The molecule has 1 heterocycles. The molecule has 0 spiro atoms. The average molecular weight is 200 g/mol. The maximum atomic E-state index is 11.1. The molecule has 0 radical (unpaired) electrons. The molecule has 0 aliphatic rings. The minimum Gasteiger partial charge on any atom is -0.481 e. The molecule has 1 aromatic rings. The summed E-state index contributed by atoms with van der Waals surface area (Å²) in [5, 5.41) is 12.6. The number of hydrogen-bond acceptors (Lipinski definition) is 5. The van der Waals surface area contributed by atoms with E-state index in [1.807, 2.05) is 0 Å². The lowest BCUT2D eigenvalue weighted by molar-refractivity contribution is 0.0592. The van der Waals surface area contributed by atoms with Crippen LogP contribution < -0.4 is 4.74 Å². The van der Waals surface area contributed by atoms with Crippen LogP contribution in [-0.4, -0.2) is 41.7 Å². The lowest BCUT2D eigenvalue weighted by Crippen LogP contribution is -2.08. The number of aliphatic hydroxyl groups is 1. The van der Waals surface area contributed by atoms with Crippen LogP contribution in [-0.2, 0) is 11.3 Å². The number of nitrogens with zero attached hydrogens (tertiary/aromatic N) is 2. The Balaban J connectivity index is 2.94. The van der Waals surface area contributed by atoms with Crippen molar-refractivity contribution in [1.29, 1.82) is 0 Å². The van der Waals surface area contributed by atoms with Crippen LogP contribution in [0.4, 0.5) is 0 Å².